The summed E-state index contributed by atoms with van der Waals surface area (Å²) in [5, 5.41) is 10.5. The zero-order valence-corrected chi connectivity index (χ0v) is 8.40. The van der Waals surface area contributed by atoms with E-state index in [1.807, 2.05) is 4.98 Å². The minimum Gasteiger partial charge on any atom is -0.465 e. The van der Waals surface area contributed by atoms with Crippen molar-refractivity contribution in [1.82, 2.24) is 4.98 Å². The molecule has 1 aromatic rings. The second-order valence-electron chi connectivity index (χ2n) is 2.84. The highest BCUT2D eigenvalue weighted by atomic mass is 19.3. The Labute approximate surface area is 92.2 Å². The topological polar surface area (TPSA) is 102 Å². The number of pyridine rings is 1. The van der Waals surface area contributed by atoms with Crippen molar-refractivity contribution in [3.63, 3.8) is 0 Å². The van der Waals surface area contributed by atoms with Gasteiger partial charge in [-0.15, -0.1) is 0 Å². The van der Waals surface area contributed by atoms with Crippen LogP contribution in [0.5, 0.6) is 0 Å². The predicted molar refractivity (Wildman–Crippen MR) is 50.0 cm³/mol. The summed E-state index contributed by atoms with van der Waals surface area (Å²) >= 11 is 0. The molecule has 0 saturated heterocycles. The lowest BCUT2D eigenvalue weighted by molar-refractivity contribution is -0.386. The lowest BCUT2D eigenvalue weighted by Crippen LogP contribution is -2.22. The molecule has 0 aromatic carbocycles. The number of hydrogen-bond acceptors (Lipinski definition) is 5. The second-order valence-corrected chi connectivity index (χ2v) is 2.84. The van der Waals surface area contributed by atoms with E-state index < -0.39 is 39.7 Å². The molecule has 9 heteroatoms. The molecule has 0 aliphatic carbocycles. The van der Waals surface area contributed by atoms with Gasteiger partial charge in [-0.1, -0.05) is 0 Å². The lowest BCUT2D eigenvalue weighted by atomic mass is 10.1. The third-order valence-corrected chi connectivity index (χ3v) is 1.92. The summed E-state index contributed by atoms with van der Waals surface area (Å²) < 4.78 is 29.4. The third kappa shape index (κ3) is 2.27. The molecule has 0 fully saturated rings. The van der Waals surface area contributed by atoms with E-state index in [2.05, 4.69) is 4.74 Å². The molecule has 0 radical (unpaired) electrons. The Morgan fingerprint density at radius 2 is 2.18 bits per heavy atom. The molecule has 0 aliphatic rings. The lowest BCUT2D eigenvalue weighted by Gasteiger charge is -2.06. The largest absolute Gasteiger partial charge is 0.465 e. The van der Waals surface area contributed by atoms with Gasteiger partial charge in [0.05, 0.1) is 18.2 Å². The highest BCUT2D eigenvalue weighted by Crippen LogP contribution is 2.29. The number of ether oxygens (including phenoxy) is 1. The zero-order chi connectivity index (χ0) is 13.2. The Bertz CT molecular complexity index is 525. The van der Waals surface area contributed by atoms with Crippen LogP contribution < -0.4 is 5.56 Å². The fraction of sp³-hybridized carbons (Fsp3) is 0.250. The molecule has 1 rings (SSSR count). The smallest absolute Gasteiger partial charge is 0.344 e. The number of aromatic nitrogens is 1. The van der Waals surface area contributed by atoms with Gasteiger partial charge >= 0.3 is 5.97 Å². The molecule has 0 bridgehead atoms. The van der Waals surface area contributed by atoms with Crippen molar-refractivity contribution in [2.24, 2.45) is 0 Å². The van der Waals surface area contributed by atoms with Crippen LogP contribution in [-0.2, 0) is 4.74 Å². The van der Waals surface area contributed by atoms with E-state index >= 15 is 0 Å². The van der Waals surface area contributed by atoms with Crippen molar-refractivity contribution in [2.45, 2.75) is 6.43 Å². The Hall–Kier alpha value is -2.32. The third-order valence-electron chi connectivity index (χ3n) is 1.92. The van der Waals surface area contributed by atoms with Crippen LogP contribution in [0.1, 0.15) is 22.3 Å². The van der Waals surface area contributed by atoms with E-state index in [1.165, 1.54) is 0 Å². The number of esters is 1. The molecule has 0 saturated carbocycles. The average molecular weight is 248 g/mol. The van der Waals surface area contributed by atoms with Crippen molar-refractivity contribution in [3.05, 3.63) is 37.8 Å². The fourth-order valence-corrected chi connectivity index (χ4v) is 1.21. The molecule has 7 nitrogen and oxygen atoms in total. The van der Waals surface area contributed by atoms with Crippen molar-refractivity contribution in [2.75, 3.05) is 7.11 Å². The van der Waals surface area contributed by atoms with E-state index in [-0.39, 0.29) is 0 Å². The molecular weight excluding hydrogens is 242 g/mol. The summed E-state index contributed by atoms with van der Waals surface area (Å²) in [7, 11) is 0.871. The van der Waals surface area contributed by atoms with Crippen LogP contribution in [0.4, 0.5) is 14.5 Å². The van der Waals surface area contributed by atoms with Crippen molar-refractivity contribution < 1.29 is 23.2 Å². The summed E-state index contributed by atoms with van der Waals surface area (Å²) in [6.07, 6.45) is -2.83. The number of alkyl halides is 2. The first-order valence-electron chi connectivity index (χ1n) is 4.16. The summed E-state index contributed by atoms with van der Waals surface area (Å²) in [5.74, 6) is -1.36. The maximum absolute atomic E-state index is 12.7. The minimum absolute atomic E-state index is 0.510. The second kappa shape index (κ2) is 4.68. The van der Waals surface area contributed by atoms with Gasteiger partial charge < -0.3 is 9.72 Å². The van der Waals surface area contributed by atoms with E-state index in [0.29, 0.717) is 6.20 Å². The number of aromatic amines is 1. The molecule has 92 valence electrons. The van der Waals surface area contributed by atoms with Crippen LogP contribution in [0.2, 0.25) is 0 Å². The van der Waals surface area contributed by atoms with Crippen molar-refractivity contribution >= 4 is 11.7 Å². The predicted octanol–water partition coefficient (Wildman–Crippen LogP) is 1.01. The Morgan fingerprint density at radius 3 is 2.59 bits per heavy atom. The number of halogens is 2. The normalized spacial score (nSPS) is 10.4. The number of rotatable bonds is 3. The first-order valence-corrected chi connectivity index (χ1v) is 4.16. The first-order chi connectivity index (χ1) is 7.90. The van der Waals surface area contributed by atoms with Gasteiger partial charge in [0.15, 0.2) is 0 Å². The van der Waals surface area contributed by atoms with Crippen LogP contribution in [0.25, 0.3) is 0 Å². The van der Waals surface area contributed by atoms with Crippen molar-refractivity contribution in [3.8, 4) is 0 Å². The maximum Gasteiger partial charge on any atom is 0.344 e. The Kier molecular flexibility index (Phi) is 3.51. The van der Waals surface area contributed by atoms with E-state index in [4.69, 9.17) is 0 Å². The van der Waals surface area contributed by atoms with E-state index in [0.717, 1.165) is 7.11 Å². The zero-order valence-electron chi connectivity index (χ0n) is 8.40. The number of nitrogens with one attached hydrogen (secondary N) is 1. The number of carbonyl (C=O) groups is 1. The van der Waals surface area contributed by atoms with Gasteiger partial charge in [0, 0.05) is 0 Å². The molecule has 1 N–H and O–H groups in total. The first kappa shape index (κ1) is 12.7. The minimum atomic E-state index is -3.34. The number of hydrogen-bond donors (Lipinski definition) is 1. The summed E-state index contributed by atoms with van der Waals surface area (Å²) in [4.78, 5) is 33.6. The quantitative estimate of drug-likeness (QED) is 0.488. The van der Waals surface area contributed by atoms with Gasteiger partial charge in [0.2, 0.25) is 0 Å². The van der Waals surface area contributed by atoms with Gasteiger partial charge in [0.1, 0.15) is 11.1 Å². The summed E-state index contributed by atoms with van der Waals surface area (Å²) in [6, 6.07) is 0. The Balaban J connectivity index is 3.66. The fourth-order valence-electron chi connectivity index (χ4n) is 1.21. The highest BCUT2D eigenvalue weighted by Gasteiger charge is 2.31. The number of methoxy groups -OCH3 is 1. The van der Waals surface area contributed by atoms with Crippen LogP contribution in [0.15, 0.2) is 11.0 Å². The summed E-state index contributed by atoms with van der Waals surface area (Å²) in [5.41, 5.74) is -4.51. The molecule has 0 unspecified atom stereocenters. The van der Waals surface area contributed by atoms with Crippen LogP contribution >= 0.6 is 0 Å². The Morgan fingerprint density at radius 1 is 1.59 bits per heavy atom. The van der Waals surface area contributed by atoms with Crippen molar-refractivity contribution in [1.29, 1.82) is 0 Å². The molecular formula is C8H6F2N2O5. The SMILES string of the molecule is COC(=O)c1c(C(F)F)c([N+](=O)[O-])c[nH]c1=O. The number of H-pyrrole nitrogens is 1. The van der Waals surface area contributed by atoms with Crippen LogP contribution in [-0.4, -0.2) is 23.0 Å². The molecule has 1 heterocycles. The van der Waals surface area contributed by atoms with Crippen LogP contribution in [0.3, 0.4) is 0 Å². The molecule has 17 heavy (non-hydrogen) atoms. The summed E-state index contributed by atoms with van der Waals surface area (Å²) in [6.45, 7) is 0. The number of nitro groups is 1. The van der Waals surface area contributed by atoms with Gasteiger partial charge in [-0.25, -0.2) is 13.6 Å². The van der Waals surface area contributed by atoms with E-state index in [9.17, 15) is 28.5 Å². The van der Waals surface area contributed by atoms with Crippen LogP contribution in [0, 0.1) is 10.1 Å². The standard InChI is InChI=1S/C8H6F2N2O5/c1-17-8(14)5-4(6(9)10)3(12(15)16)2-11-7(5)13/h2,6H,1H3,(H,11,13). The van der Waals surface area contributed by atoms with Gasteiger partial charge in [-0.2, -0.15) is 0 Å². The molecule has 0 amide bonds. The van der Waals surface area contributed by atoms with Gasteiger partial charge in [-0.3, -0.25) is 14.9 Å². The average Bonchev–Trinajstić information content (AvgIpc) is 2.26. The monoisotopic (exact) mass is 248 g/mol. The number of carbonyl (C=O) groups excluding carboxylic acids is 1. The van der Waals surface area contributed by atoms with E-state index in [1.54, 1.807) is 0 Å². The maximum atomic E-state index is 12.7. The number of nitrogens with zero attached hydrogens (tertiary/aromatic N) is 1. The van der Waals surface area contributed by atoms with Gasteiger partial charge in [-0.05, 0) is 0 Å². The highest BCUT2D eigenvalue weighted by molar-refractivity contribution is 5.91. The molecule has 0 spiro atoms. The molecule has 0 atom stereocenters. The molecule has 0 aliphatic heterocycles. The van der Waals surface area contributed by atoms with Gasteiger partial charge in [0.25, 0.3) is 17.7 Å². The molecule has 1 aromatic heterocycles.